The lowest BCUT2D eigenvalue weighted by Gasteiger charge is -2.43. The molecule has 0 saturated heterocycles. The highest BCUT2D eigenvalue weighted by Gasteiger charge is 2.52. The SMILES string of the molecule is C[Si](C)(C)O[Si](O[Si](C)(C)C)(O[Si](C)(C)C)c1cccc(-c2ccc(C#N)c(C#N)c2)c1. The van der Waals surface area contributed by atoms with E-state index in [0.717, 1.165) is 16.3 Å². The quantitative estimate of drug-likeness (QED) is 0.430. The topological polar surface area (TPSA) is 75.3 Å². The van der Waals surface area contributed by atoms with Crippen LogP contribution < -0.4 is 5.19 Å². The Morgan fingerprint density at radius 3 is 1.50 bits per heavy atom. The molecular weight excluding hydrogens is 465 g/mol. The van der Waals surface area contributed by atoms with Crippen LogP contribution in [-0.2, 0) is 12.3 Å². The average Bonchev–Trinajstić information content (AvgIpc) is 2.63. The minimum absolute atomic E-state index is 0.369. The summed E-state index contributed by atoms with van der Waals surface area (Å²) in [4.78, 5) is 0. The van der Waals surface area contributed by atoms with Gasteiger partial charge in [0.05, 0.1) is 11.1 Å². The van der Waals surface area contributed by atoms with Crippen molar-refractivity contribution in [1.29, 1.82) is 10.5 Å². The number of hydrogen-bond acceptors (Lipinski definition) is 5. The van der Waals surface area contributed by atoms with Crippen LogP contribution in [-0.4, -0.2) is 33.8 Å². The van der Waals surface area contributed by atoms with Gasteiger partial charge in [-0.3, -0.25) is 0 Å². The zero-order valence-corrected chi connectivity index (χ0v) is 24.7. The fourth-order valence-electron chi connectivity index (χ4n) is 3.25. The average molecular weight is 499 g/mol. The Morgan fingerprint density at radius 2 is 1.06 bits per heavy atom. The van der Waals surface area contributed by atoms with Crippen LogP contribution in [0.25, 0.3) is 11.1 Å². The molecule has 0 aliphatic rings. The first kappa shape index (κ1) is 26.4. The van der Waals surface area contributed by atoms with Gasteiger partial charge in [0.25, 0.3) is 0 Å². The van der Waals surface area contributed by atoms with E-state index in [1.165, 1.54) is 0 Å². The smallest absolute Gasteiger partial charge is 0.414 e. The Balaban J connectivity index is 2.72. The van der Waals surface area contributed by atoms with Crippen LogP contribution in [0.1, 0.15) is 11.1 Å². The molecule has 170 valence electrons. The third-order valence-electron chi connectivity index (χ3n) is 4.13. The van der Waals surface area contributed by atoms with Crippen LogP contribution in [0.3, 0.4) is 0 Å². The van der Waals surface area contributed by atoms with Crippen LogP contribution in [0.5, 0.6) is 0 Å². The van der Waals surface area contributed by atoms with Gasteiger partial charge in [-0.2, -0.15) is 10.5 Å². The molecule has 0 spiro atoms. The van der Waals surface area contributed by atoms with E-state index in [0.29, 0.717) is 11.1 Å². The van der Waals surface area contributed by atoms with E-state index in [-0.39, 0.29) is 0 Å². The van der Waals surface area contributed by atoms with Gasteiger partial charge in [-0.05, 0) is 88.2 Å². The molecule has 0 heterocycles. The summed E-state index contributed by atoms with van der Waals surface area (Å²) in [6, 6.07) is 17.7. The van der Waals surface area contributed by atoms with Crippen molar-refractivity contribution >= 4 is 38.9 Å². The van der Waals surface area contributed by atoms with Crippen LogP contribution in [0.15, 0.2) is 42.5 Å². The van der Waals surface area contributed by atoms with Gasteiger partial charge in [0.2, 0.25) is 0 Å². The Bertz CT molecular complexity index is 1010. The number of benzene rings is 2. The van der Waals surface area contributed by atoms with E-state index < -0.39 is 33.8 Å². The molecule has 0 atom stereocenters. The molecule has 0 fully saturated rings. The molecule has 5 nitrogen and oxygen atoms in total. The largest absolute Gasteiger partial charge is 0.505 e. The van der Waals surface area contributed by atoms with Crippen LogP contribution in [0, 0.1) is 22.7 Å². The molecule has 9 heteroatoms. The maximum absolute atomic E-state index is 9.45. The van der Waals surface area contributed by atoms with Crippen molar-refractivity contribution in [2.24, 2.45) is 0 Å². The van der Waals surface area contributed by atoms with E-state index in [1.807, 2.05) is 24.3 Å². The van der Waals surface area contributed by atoms with E-state index in [4.69, 9.17) is 12.3 Å². The van der Waals surface area contributed by atoms with Gasteiger partial charge >= 0.3 is 8.80 Å². The van der Waals surface area contributed by atoms with Crippen molar-refractivity contribution < 1.29 is 12.3 Å². The van der Waals surface area contributed by atoms with Gasteiger partial charge in [0, 0.05) is 5.19 Å². The second-order valence-electron chi connectivity index (χ2n) is 10.8. The fourth-order valence-corrected chi connectivity index (χ4v) is 16.6. The van der Waals surface area contributed by atoms with Crippen molar-refractivity contribution in [3.05, 3.63) is 53.6 Å². The number of nitrogens with zero attached hydrogens (tertiary/aromatic N) is 2. The third-order valence-corrected chi connectivity index (χ3v) is 15.7. The summed E-state index contributed by atoms with van der Waals surface area (Å²) in [6.45, 7) is 19.5. The first-order chi connectivity index (χ1) is 14.6. The monoisotopic (exact) mass is 498 g/mol. The molecule has 0 radical (unpaired) electrons. The highest BCUT2D eigenvalue weighted by Crippen LogP contribution is 2.28. The Labute approximate surface area is 197 Å². The van der Waals surface area contributed by atoms with Crippen LogP contribution in [0.4, 0.5) is 0 Å². The van der Waals surface area contributed by atoms with E-state index in [9.17, 15) is 10.5 Å². The first-order valence-electron chi connectivity index (χ1n) is 10.7. The minimum Gasteiger partial charge on any atom is -0.414 e. The van der Waals surface area contributed by atoms with Crippen molar-refractivity contribution in [3.8, 4) is 23.3 Å². The normalized spacial score (nSPS) is 12.8. The van der Waals surface area contributed by atoms with Crippen LogP contribution in [0.2, 0.25) is 58.9 Å². The molecule has 0 unspecified atom stereocenters. The molecule has 2 rings (SSSR count). The van der Waals surface area contributed by atoms with Gasteiger partial charge in [-0.25, -0.2) is 0 Å². The molecule has 0 bridgehead atoms. The summed E-state index contributed by atoms with van der Waals surface area (Å²) in [5, 5.41) is 19.6. The summed E-state index contributed by atoms with van der Waals surface area (Å²) < 4.78 is 20.5. The van der Waals surface area contributed by atoms with Crippen molar-refractivity contribution in [1.82, 2.24) is 0 Å². The Morgan fingerprint density at radius 1 is 0.594 bits per heavy atom. The Hall–Kier alpha value is -1.83. The summed E-state index contributed by atoms with van der Waals surface area (Å²) in [6.07, 6.45) is 0. The van der Waals surface area contributed by atoms with E-state index >= 15 is 0 Å². The predicted octanol–water partition coefficient (Wildman–Crippen LogP) is 5.80. The zero-order chi connectivity index (χ0) is 24.4. The number of hydrogen-bond donors (Lipinski definition) is 0. The molecule has 32 heavy (non-hydrogen) atoms. The summed E-state index contributed by atoms with van der Waals surface area (Å²) in [7, 11) is -9.28. The van der Waals surface area contributed by atoms with Crippen molar-refractivity contribution in [2.45, 2.75) is 58.9 Å². The number of nitriles is 2. The van der Waals surface area contributed by atoms with Gasteiger partial charge in [-0.1, -0.05) is 24.3 Å². The minimum atomic E-state index is -3.21. The van der Waals surface area contributed by atoms with Crippen molar-refractivity contribution in [2.75, 3.05) is 0 Å². The van der Waals surface area contributed by atoms with Gasteiger partial charge in [-0.15, -0.1) is 0 Å². The first-order valence-corrected chi connectivity index (χ1v) is 22.7. The maximum Gasteiger partial charge on any atom is 0.505 e. The lowest BCUT2D eigenvalue weighted by Crippen LogP contribution is -2.67. The molecule has 0 aromatic heterocycles. The molecule has 0 aliphatic heterocycles. The van der Waals surface area contributed by atoms with Crippen LogP contribution >= 0.6 is 0 Å². The highest BCUT2D eigenvalue weighted by atomic mass is 28.5. The van der Waals surface area contributed by atoms with E-state index in [2.05, 4.69) is 77.1 Å². The second kappa shape index (κ2) is 9.57. The van der Waals surface area contributed by atoms with Gasteiger partial charge in [0.1, 0.15) is 12.1 Å². The molecule has 0 N–H and O–H groups in total. The standard InChI is InChI=1S/C23H34N2O3Si4/c1-29(2,3)26-32(27-30(4,5)6,28-31(7,8)9)23-12-10-11-19(16-23)20-13-14-21(17-24)22(15-20)18-25/h10-16H,1-9H3. The molecular formula is C23H34N2O3Si4. The predicted molar refractivity (Wildman–Crippen MR) is 140 cm³/mol. The zero-order valence-electron chi connectivity index (χ0n) is 20.7. The van der Waals surface area contributed by atoms with Crippen molar-refractivity contribution in [3.63, 3.8) is 0 Å². The lowest BCUT2D eigenvalue weighted by atomic mass is 10.0. The molecule has 2 aromatic carbocycles. The Kier molecular flexibility index (Phi) is 7.90. The summed E-state index contributed by atoms with van der Waals surface area (Å²) in [5.41, 5.74) is 2.56. The lowest BCUT2D eigenvalue weighted by molar-refractivity contribution is 0.273. The van der Waals surface area contributed by atoms with Gasteiger partial charge < -0.3 is 12.3 Å². The fraction of sp³-hybridized carbons (Fsp3) is 0.391. The second-order valence-corrected chi connectivity index (χ2v) is 27.6. The summed E-state index contributed by atoms with van der Waals surface area (Å²) in [5.74, 6) is 0. The molecule has 0 aliphatic carbocycles. The summed E-state index contributed by atoms with van der Waals surface area (Å²) >= 11 is 0. The molecule has 0 saturated carbocycles. The van der Waals surface area contributed by atoms with Gasteiger partial charge in [0.15, 0.2) is 25.0 Å². The maximum atomic E-state index is 9.45. The third kappa shape index (κ3) is 7.35. The number of rotatable bonds is 8. The van der Waals surface area contributed by atoms with E-state index in [1.54, 1.807) is 12.1 Å². The molecule has 2 aromatic rings. The highest BCUT2D eigenvalue weighted by molar-refractivity contribution is 6.95. The molecule has 0 amide bonds.